The van der Waals surface area contributed by atoms with Gasteiger partial charge in [-0.05, 0) is 44.5 Å². The number of ether oxygens (including phenoxy) is 1. The Morgan fingerprint density at radius 2 is 2.19 bits per heavy atom. The van der Waals surface area contributed by atoms with Gasteiger partial charge in [-0.3, -0.25) is 5.10 Å². The van der Waals surface area contributed by atoms with Gasteiger partial charge in [-0.25, -0.2) is 18.1 Å². The molecule has 0 fully saturated rings. The standard InChI is InChI=1S/C13H18N4O3S/c1-4-20-12-6-5-11(7-9(12)2)21(18,19)17-10(3)13-14-8-15-16-13/h5-8,10,17H,4H2,1-3H3,(H,14,15,16). The summed E-state index contributed by atoms with van der Waals surface area (Å²) in [6.45, 7) is 5.92. The summed E-state index contributed by atoms with van der Waals surface area (Å²) in [7, 11) is -3.63. The van der Waals surface area contributed by atoms with Crippen molar-refractivity contribution in [2.45, 2.75) is 31.7 Å². The summed E-state index contributed by atoms with van der Waals surface area (Å²) in [4.78, 5) is 4.13. The zero-order valence-corrected chi connectivity index (χ0v) is 12.9. The van der Waals surface area contributed by atoms with E-state index >= 15 is 0 Å². The Hall–Kier alpha value is -1.93. The van der Waals surface area contributed by atoms with Crippen LogP contribution in [0.3, 0.4) is 0 Å². The van der Waals surface area contributed by atoms with Crippen LogP contribution in [0.5, 0.6) is 5.75 Å². The molecule has 1 aromatic heterocycles. The average molecular weight is 310 g/mol. The van der Waals surface area contributed by atoms with Gasteiger partial charge >= 0.3 is 0 Å². The quantitative estimate of drug-likeness (QED) is 0.843. The molecule has 8 heteroatoms. The summed E-state index contributed by atoms with van der Waals surface area (Å²) in [5.41, 5.74) is 0.770. The molecule has 7 nitrogen and oxygen atoms in total. The molecular weight excluding hydrogens is 292 g/mol. The van der Waals surface area contributed by atoms with Crippen LogP contribution in [0.15, 0.2) is 29.4 Å². The molecule has 2 N–H and O–H groups in total. The first-order chi connectivity index (χ1) is 9.94. The van der Waals surface area contributed by atoms with Gasteiger partial charge in [0.2, 0.25) is 10.0 Å². The number of hydrogen-bond acceptors (Lipinski definition) is 5. The van der Waals surface area contributed by atoms with Crippen LogP contribution in [0.1, 0.15) is 31.3 Å². The molecule has 0 aliphatic rings. The lowest BCUT2D eigenvalue weighted by Crippen LogP contribution is -2.27. The second-order valence-corrected chi connectivity index (χ2v) is 6.29. The third kappa shape index (κ3) is 3.59. The van der Waals surface area contributed by atoms with Gasteiger partial charge in [0.1, 0.15) is 17.9 Å². The lowest BCUT2D eigenvalue weighted by Gasteiger charge is -2.13. The molecule has 21 heavy (non-hydrogen) atoms. The Kier molecular flexibility index (Phi) is 4.59. The number of benzene rings is 1. The molecule has 2 aromatic rings. The van der Waals surface area contributed by atoms with E-state index in [1.165, 1.54) is 12.4 Å². The molecule has 0 radical (unpaired) electrons. The van der Waals surface area contributed by atoms with Gasteiger partial charge < -0.3 is 4.74 Å². The smallest absolute Gasteiger partial charge is 0.241 e. The van der Waals surface area contributed by atoms with E-state index in [1.807, 2.05) is 13.8 Å². The van der Waals surface area contributed by atoms with Gasteiger partial charge in [-0.2, -0.15) is 5.10 Å². The fraction of sp³-hybridized carbons (Fsp3) is 0.385. The highest BCUT2D eigenvalue weighted by atomic mass is 32.2. The lowest BCUT2D eigenvalue weighted by molar-refractivity contribution is 0.337. The molecule has 0 saturated carbocycles. The van der Waals surface area contributed by atoms with Crippen molar-refractivity contribution in [3.8, 4) is 5.75 Å². The Labute approximate surface area is 123 Å². The second kappa shape index (κ2) is 6.23. The summed E-state index contributed by atoms with van der Waals surface area (Å²) in [6.07, 6.45) is 1.33. The molecule has 2 rings (SSSR count). The number of nitrogens with zero attached hydrogens (tertiary/aromatic N) is 2. The molecule has 1 aromatic carbocycles. The maximum absolute atomic E-state index is 12.3. The monoisotopic (exact) mass is 310 g/mol. The Morgan fingerprint density at radius 3 is 2.76 bits per heavy atom. The number of hydrogen-bond donors (Lipinski definition) is 2. The van der Waals surface area contributed by atoms with E-state index in [4.69, 9.17) is 4.74 Å². The SMILES string of the molecule is CCOc1ccc(S(=O)(=O)NC(C)c2ncn[nH]2)cc1C. The number of sulfonamides is 1. The van der Waals surface area contributed by atoms with Gasteiger partial charge in [0.05, 0.1) is 17.5 Å². The fourth-order valence-corrected chi connectivity index (χ4v) is 3.18. The molecule has 0 saturated heterocycles. The third-order valence-electron chi connectivity index (χ3n) is 2.93. The molecule has 0 bridgehead atoms. The first kappa shape index (κ1) is 15.5. The zero-order valence-electron chi connectivity index (χ0n) is 12.1. The molecule has 0 spiro atoms. The highest BCUT2D eigenvalue weighted by Crippen LogP contribution is 2.22. The molecule has 1 unspecified atom stereocenters. The minimum atomic E-state index is -3.63. The van der Waals surface area contributed by atoms with E-state index in [9.17, 15) is 8.42 Å². The van der Waals surface area contributed by atoms with Crippen molar-refractivity contribution in [3.05, 3.63) is 35.9 Å². The van der Waals surface area contributed by atoms with Crippen LogP contribution in [-0.2, 0) is 10.0 Å². The van der Waals surface area contributed by atoms with Gasteiger partial charge in [-0.1, -0.05) is 0 Å². The summed E-state index contributed by atoms with van der Waals surface area (Å²) < 4.78 is 32.6. The molecule has 1 atom stereocenters. The summed E-state index contributed by atoms with van der Waals surface area (Å²) in [5.74, 6) is 1.14. The van der Waals surface area contributed by atoms with Crippen LogP contribution in [-0.4, -0.2) is 30.2 Å². The highest BCUT2D eigenvalue weighted by Gasteiger charge is 2.20. The maximum atomic E-state index is 12.3. The maximum Gasteiger partial charge on any atom is 0.241 e. The van der Waals surface area contributed by atoms with Crippen LogP contribution in [0.4, 0.5) is 0 Å². The van der Waals surface area contributed by atoms with Gasteiger partial charge in [0.15, 0.2) is 0 Å². The molecule has 1 heterocycles. The average Bonchev–Trinajstić information content (AvgIpc) is 2.95. The van der Waals surface area contributed by atoms with E-state index in [1.54, 1.807) is 19.1 Å². The van der Waals surface area contributed by atoms with Crippen molar-refractivity contribution in [2.24, 2.45) is 0 Å². The topological polar surface area (TPSA) is 97.0 Å². The molecule has 0 aliphatic carbocycles. The predicted molar refractivity (Wildman–Crippen MR) is 77.5 cm³/mol. The Bertz CT molecular complexity index is 698. The summed E-state index contributed by atoms with van der Waals surface area (Å²) >= 11 is 0. The first-order valence-corrected chi connectivity index (χ1v) is 8.03. The van der Waals surface area contributed by atoms with E-state index in [-0.39, 0.29) is 4.90 Å². The minimum absolute atomic E-state index is 0.190. The highest BCUT2D eigenvalue weighted by molar-refractivity contribution is 7.89. The van der Waals surface area contributed by atoms with E-state index in [0.29, 0.717) is 18.2 Å². The van der Waals surface area contributed by atoms with Gasteiger partial charge in [0, 0.05) is 0 Å². The van der Waals surface area contributed by atoms with Crippen molar-refractivity contribution in [1.82, 2.24) is 19.9 Å². The van der Waals surface area contributed by atoms with Crippen molar-refractivity contribution in [1.29, 1.82) is 0 Å². The summed E-state index contributed by atoms with van der Waals surface area (Å²) in [6, 6.07) is 4.27. The first-order valence-electron chi connectivity index (χ1n) is 6.55. The van der Waals surface area contributed by atoms with Crippen molar-refractivity contribution in [2.75, 3.05) is 6.61 Å². The molecular formula is C13H18N4O3S. The zero-order chi connectivity index (χ0) is 15.5. The van der Waals surface area contributed by atoms with Gasteiger partial charge in [0.25, 0.3) is 0 Å². The largest absolute Gasteiger partial charge is 0.494 e. The van der Waals surface area contributed by atoms with Crippen LogP contribution in [0.25, 0.3) is 0 Å². The van der Waals surface area contributed by atoms with Crippen LogP contribution in [0, 0.1) is 6.92 Å². The Balaban J connectivity index is 2.21. The third-order valence-corrected chi connectivity index (χ3v) is 4.47. The van der Waals surface area contributed by atoms with Crippen molar-refractivity contribution >= 4 is 10.0 Å². The fourth-order valence-electron chi connectivity index (χ4n) is 1.89. The number of H-pyrrole nitrogens is 1. The normalized spacial score (nSPS) is 13.1. The number of aryl methyl sites for hydroxylation is 1. The summed E-state index contributed by atoms with van der Waals surface area (Å²) in [5, 5.41) is 6.34. The number of aromatic nitrogens is 3. The molecule has 114 valence electrons. The van der Waals surface area contributed by atoms with Crippen LogP contribution in [0.2, 0.25) is 0 Å². The predicted octanol–water partition coefficient (Wildman–Crippen LogP) is 1.55. The van der Waals surface area contributed by atoms with E-state index in [2.05, 4.69) is 19.9 Å². The van der Waals surface area contributed by atoms with Crippen molar-refractivity contribution in [3.63, 3.8) is 0 Å². The molecule has 0 amide bonds. The molecule has 0 aliphatic heterocycles. The second-order valence-electron chi connectivity index (χ2n) is 4.57. The van der Waals surface area contributed by atoms with Crippen LogP contribution >= 0.6 is 0 Å². The van der Waals surface area contributed by atoms with Gasteiger partial charge in [-0.15, -0.1) is 0 Å². The van der Waals surface area contributed by atoms with E-state index < -0.39 is 16.1 Å². The number of rotatable bonds is 6. The lowest BCUT2D eigenvalue weighted by atomic mass is 10.2. The van der Waals surface area contributed by atoms with Crippen LogP contribution < -0.4 is 9.46 Å². The Morgan fingerprint density at radius 1 is 1.43 bits per heavy atom. The minimum Gasteiger partial charge on any atom is -0.494 e. The van der Waals surface area contributed by atoms with E-state index in [0.717, 1.165) is 5.56 Å². The van der Waals surface area contributed by atoms with Crippen molar-refractivity contribution < 1.29 is 13.2 Å². The number of aromatic amines is 1. The number of nitrogens with one attached hydrogen (secondary N) is 2.